The number of thiazole rings is 1. The second-order valence-electron chi connectivity index (χ2n) is 7.38. The number of nitrogens with zero attached hydrogens (tertiary/aromatic N) is 3. The molecule has 2 aromatic rings. The zero-order valence-corrected chi connectivity index (χ0v) is 16.4. The summed E-state index contributed by atoms with van der Waals surface area (Å²) in [7, 11) is 0. The summed E-state index contributed by atoms with van der Waals surface area (Å²) in [6.45, 7) is 0.778. The quantitative estimate of drug-likeness (QED) is 0.728. The first-order valence-electron chi connectivity index (χ1n) is 9.74. The van der Waals surface area contributed by atoms with Gasteiger partial charge in [0.15, 0.2) is 4.80 Å². The maximum absolute atomic E-state index is 12.5. The van der Waals surface area contributed by atoms with Crippen molar-refractivity contribution < 1.29 is 14.4 Å². The van der Waals surface area contributed by atoms with Gasteiger partial charge in [0.2, 0.25) is 17.7 Å². The summed E-state index contributed by atoms with van der Waals surface area (Å²) in [6, 6.07) is 9.98. The van der Waals surface area contributed by atoms with Gasteiger partial charge in [-0.25, -0.2) is 0 Å². The Morgan fingerprint density at radius 1 is 1.07 bits per heavy atom. The van der Waals surface area contributed by atoms with Crippen molar-refractivity contribution in [1.29, 1.82) is 0 Å². The first-order valence-corrected chi connectivity index (χ1v) is 10.6. The lowest BCUT2D eigenvalue weighted by Gasteiger charge is -2.19. The Labute approximate surface area is 167 Å². The monoisotopic (exact) mass is 397 g/mol. The number of rotatable bonds is 5. The van der Waals surface area contributed by atoms with Crippen LogP contribution in [0.3, 0.4) is 0 Å². The first kappa shape index (κ1) is 18.8. The third-order valence-electron chi connectivity index (χ3n) is 5.56. The van der Waals surface area contributed by atoms with Crippen molar-refractivity contribution >= 4 is 29.1 Å². The molecule has 2 heterocycles. The van der Waals surface area contributed by atoms with Crippen molar-refractivity contribution in [3.63, 3.8) is 0 Å². The largest absolute Gasteiger partial charge is 0.319 e. The predicted octanol–water partition coefficient (Wildman–Crippen LogP) is 2.59. The van der Waals surface area contributed by atoms with Gasteiger partial charge in [-0.3, -0.25) is 19.3 Å². The van der Waals surface area contributed by atoms with Gasteiger partial charge in [-0.2, -0.15) is 4.99 Å². The molecule has 1 saturated heterocycles. The van der Waals surface area contributed by atoms with Crippen molar-refractivity contribution in [2.75, 3.05) is 6.54 Å². The number of hydrogen-bond donors (Lipinski definition) is 0. The molecule has 0 radical (unpaired) electrons. The molecule has 1 saturated carbocycles. The first-order chi connectivity index (χ1) is 13.6. The van der Waals surface area contributed by atoms with Crippen LogP contribution in [0.15, 0.2) is 46.9 Å². The number of imide groups is 1. The van der Waals surface area contributed by atoms with Crippen molar-refractivity contribution in [2.24, 2.45) is 16.8 Å². The zero-order chi connectivity index (χ0) is 19.5. The fourth-order valence-corrected chi connectivity index (χ4v) is 4.85. The summed E-state index contributed by atoms with van der Waals surface area (Å²) in [5.41, 5.74) is 1.13. The Morgan fingerprint density at radius 3 is 2.43 bits per heavy atom. The number of benzene rings is 1. The predicted molar refractivity (Wildman–Crippen MR) is 105 cm³/mol. The molecule has 3 amide bonds. The van der Waals surface area contributed by atoms with E-state index in [4.69, 9.17) is 0 Å². The van der Waals surface area contributed by atoms with Gasteiger partial charge >= 0.3 is 0 Å². The standard InChI is InChI=1S/C21H23N3O3S/c25-18(10-11-24-19(26)16-8-4-5-9-17(16)20(24)27)22-21-23(12-13-28-21)14-15-6-2-1-3-7-15/h1-3,6-7,12-13,16-17H,4-5,8-11,14H2/t16-,17-/m1/s1. The highest BCUT2D eigenvalue weighted by atomic mass is 32.1. The second kappa shape index (κ2) is 8.22. The second-order valence-corrected chi connectivity index (χ2v) is 8.25. The number of aromatic nitrogens is 1. The highest BCUT2D eigenvalue weighted by Gasteiger charge is 2.47. The SMILES string of the molecule is O=C(CCN1C(=O)[C@@H]2CCCC[C@H]2C1=O)N=c1sccn1Cc1ccccc1. The molecule has 1 aromatic carbocycles. The number of fused-ring (bicyclic) bond motifs is 1. The van der Waals surface area contributed by atoms with Crippen molar-refractivity contribution in [3.05, 3.63) is 52.3 Å². The fourth-order valence-electron chi connectivity index (χ4n) is 4.11. The molecule has 7 heteroatoms. The van der Waals surface area contributed by atoms with Gasteiger partial charge < -0.3 is 4.57 Å². The Morgan fingerprint density at radius 2 is 1.75 bits per heavy atom. The van der Waals surface area contributed by atoms with E-state index >= 15 is 0 Å². The van der Waals surface area contributed by atoms with Crippen molar-refractivity contribution in [3.8, 4) is 0 Å². The van der Waals surface area contributed by atoms with E-state index in [2.05, 4.69) is 4.99 Å². The average molecular weight is 398 g/mol. The van der Waals surface area contributed by atoms with Crippen LogP contribution in [0.1, 0.15) is 37.7 Å². The molecular formula is C21H23N3O3S. The molecule has 2 fully saturated rings. The van der Waals surface area contributed by atoms with E-state index in [0.717, 1.165) is 31.2 Å². The van der Waals surface area contributed by atoms with Crippen LogP contribution < -0.4 is 4.80 Å². The highest BCUT2D eigenvalue weighted by molar-refractivity contribution is 7.07. The summed E-state index contributed by atoms with van der Waals surface area (Å²) >= 11 is 1.40. The minimum absolute atomic E-state index is 0.0696. The smallest absolute Gasteiger partial charge is 0.250 e. The Bertz CT molecular complexity index is 923. The lowest BCUT2D eigenvalue weighted by atomic mass is 9.81. The van der Waals surface area contributed by atoms with Crippen LogP contribution in [-0.2, 0) is 20.9 Å². The lowest BCUT2D eigenvalue weighted by Crippen LogP contribution is -2.33. The van der Waals surface area contributed by atoms with Gasteiger partial charge in [0.1, 0.15) is 0 Å². The summed E-state index contributed by atoms with van der Waals surface area (Å²) in [5, 5.41) is 1.90. The van der Waals surface area contributed by atoms with E-state index in [9.17, 15) is 14.4 Å². The van der Waals surface area contributed by atoms with Crippen LogP contribution in [0.2, 0.25) is 0 Å². The van der Waals surface area contributed by atoms with Crippen molar-refractivity contribution in [1.82, 2.24) is 9.47 Å². The molecule has 0 bridgehead atoms. The van der Waals surface area contributed by atoms with Gasteiger partial charge in [0.05, 0.1) is 11.8 Å². The molecule has 2 atom stereocenters. The number of carbonyl (C=O) groups excluding carboxylic acids is 3. The molecule has 0 N–H and O–H groups in total. The molecule has 4 rings (SSSR count). The van der Waals surface area contributed by atoms with Gasteiger partial charge in [0, 0.05) is 31.1 Å². The number of carbonyl (C=O) groups is 3. The molecule has 6 nitrogen and oxygen atoms in total. The summed E-state index contributed by atoms with van der Waals surface area (Å²) in [6.07, 6.45) is 5.56. The number of amides is 3. The molecule has 28 heavy (non-hydrogen) atoms. The Kier molecular flexibility index (Phi) is 5.52. The van der Waals surface area contributed by atoms with Crippen LogP contribution in [0.5, 0.6) is 0 Å². The summed E-state index contributed by atoms with van der Waals surface area (Å²) < 4.78 is 1.93. The van der Waals surface area contributed by atoms with E-state index in [1.54, 1.807) is 0 Å². The molecule has 1 aliphatic heterocycles. The van der Waals surface area contributed by atoms with Gasteiger partial charge in [-0.15, -0.1) is 11.3 Å². The fraction of sp³-hybridized carbons (Fsp3) is 0.429. The Balaban J connectivity index is 1.41. The van der Waals surface area contributed by atoms with Gasteiger partial charge in [0.25, 0.3) is 0 Å². The summed E-state index contributed by atoms with van der Waals surface area (Å²) in [4.78, 5) is 43.5. The van der Waals surface area contributed by atoms with E-state index < -0.39 is 0 Å². The molecule has 1 aliphatic carbocycles. The lowest BCUT2D eigenvalue weighted by molar-refractivity contribution is -0.140. The number of likely N-dealkylation sites (tertiary alicyclic amines) is 1. The highest BCUT2D eigenvalue weighted by Crippen LogP contribution is 2.37. The van der Waals surface area contributed by atoms with Crippen LogP contribution in [0, 0.1) is 11.8 Å². The van der Waals surface area contributed by atoms with Crippen LogP contribution in [-0.4, -0.2) is 33.7 Å². The topological polar surface area (TPSA) is 71.7 Å². The molecular weight excluding hydrogens is 374 g/mol. The molecule has 0 spiro atoms. The van der Waals surface area contributed by atoms with E-state index in [0.29, 0.717) is 11.3 Å². The molecule has 2 aliphatic rings. The maximum atomic E-state index is 12.5. The van der Waals surface area contributed by atoms with E-state index in [-0.39, 0.29) is 42.5 Å². The zero-order valence-electron chi connectivity index (χ0n) is 15.6. The average Bonchev–Trinajstić information content (AvgIpc) is 3.24. The molecule has 146 valence electrons. The van der Waals surface area contributed by atoms with Gasteiger partial charge in [-0.1, -0.05) is 43.2 Å². The van der Waals surface area contributed by atoms with Crippen LogP contribution in [0.4, 0.5) is 0 Å². The maximum Gasteiger partial charge on any atom is 0.250 e. The van der Waals surface area contributed by atoms with Crippen LogP contribution in [0.25, 0.3) is 0 Å². The molecule has 0 unspecified atom stereocenters. The van der Waals surface area contributed by atoms with E-state index in [1.807, 2.05) is 46.5 Å². The Hall–Kier alpha value is -2.54. The van der Waals surface area contributed by atoms with Crippen LogP contribution >= 0.6 is 11.3 Å². The summed E-state index contributed by atoms with van der Waals surface area (Å²) in [5.74, 6) is -0.840. The van der Waals surface area contributed by atoms with Gasteiger partial charge in [-0.05, 0) is 18.4 Å². The minimum Gasteiger partial charge on any atom is -0.319 e. The number of hydrogen-bond acceptors (Lipinski definition) is 4. The third kappa shape index (κ3) is 3.85. The minimum atomic E-state index is -0.306. The molecule has 1 aromatic heterocycles. The third-order valence-corrected chi connectivity index (χ3v) is 6.35. The van der Waals surface area contributed by atoms with E-state index in [1.165, 1.54) is 16.2 Å². The van der Waals surface area contributed by atoms with Crippen molar-refractivity contribution in [2.45, 2.75) is 38.6 Å². The normalized spacial score (nSPS) is 22.6.